The molecule has 2 aromatic rings. The van der Waals surface area contributed by atoms with Crippen molar-refractivity contribution in [3.63, 3.8) is 0 Å². The Kier molecular flexibility index (Phi) is 8.85. The Balaban J connectivity index is 1.53. The van der Waals surface area contributed by atoms with E-state index in [1.54, 1.807) is 13.8 Å². The normalized spacial score (nSPS) is 18.2. The van der Waals surface area contributed by atoms with Crippen LogP contribution in [0.15, 0.2) is 24.5 Å². The highest BCUT2D eigenvalue weighted by atomic mass is 35.5. The number of methoxy groups -OCH3 is 1. The molecule has 3 amide bonds. The summed E-state index contributed by atoms with van der Waals surface area (Å²) in [6, 6.07) is 2.49. The number of ether oxygens (including phenoxy) is 1. The van der Waals surface area contributed by atoms with E-state index in [-0.39, 0.29) is 34.7 Å². The number of aromatic nitrogens is 2. The van der Waals surface area contributed by atoms with Crippen molar-refractivity contribution < 1.29 is 32.3 Å². The van der Waals surface area contributed by atoms with Crippen molar-refractivity contribution in [2.75, 3.05) is 19.0 Å². The lowest BCUT2D eigenvalue weighted by atomic mass is 9.85. The second-order valence-corrected chi connectivity index (χ2v) is 9.88. The average Bonchev–Trinajstić information content (AvgIpc) is 3.34. The number of carbonyl (C=O) groups is 3. The lowest BCUT2D eigenvalue weighted by Crippen LogP contribution is -2.42. The van der Waals surface area contributed by atoms with Gasteiger partial charge >= 0.3 is 6.18 Å². The Hall–Kier alpha value is -3.12. The lowest BCUT2D eigenvalue weighted by Gasteiger charge is -2.28. The van der Waals surface area contributed by atoms with E-state index < -0.39 is 41.0 Å². The van der Waals surface area contributed by atoms with Gasteiger partial charge in [-0.3, -0.25) is 14.4 Å². The van der Waals surface area contributed by atoms with Crippen LogP contribution >= 0.6 is 11.6 Å². The molecule has 4 N–H and O–H groups in total. The van der Waals surface area contributed by atoms with Crippen LogP contribution in [0.4, 0.5) is 18.9 Å². The van der Waals surface area contributed by atoms with Gasteiger partial charge in [0.05, 0.1) is 28.2 Å². The predicted octanol–water partition coefficient (Wildman–Crippen LogP) is 4.16. The van der Waals surface area contributed by atoms with Crippen molar-refractivity contribution in [1.82, 2.24) is 20.6 Å². The number of nitrogens with zero attached hydrogens (tertiary/aromatic N) is 1. The molecular weight excluding hydrogens is 515 g/mol. The molecule has 3 rings (SSSR count). The highest BCUT2D eigenvalue weighted by Gasteiger charge is 2.32. The molecule has 0 unspecified atom stereocenters. The first kappa shape index (κ1) is 28.5. The summed E-state index contributed by atoms with van der Waals surface area (Å²) >= 11 is 5.97. The average molecular weight is 544 g/mol. The molecule has 1 aliphatic carbocycles. The molecule has 1 saturated carbocycles. The second-order valence-electron chi connectivity index (χ2n) is 9.48. The molecule has 1 heterocycles. The molecule has 1 aliphatic rings. The molecule has 1 aromatic heterocycles. The number of alkyl halides is 3. The minimum atomic E-state index is -4.56. The SMILES string of the molecule is COC(C)(C)CNC(=O)c1[nH]cnc1C(=O)NC1CCC(C(=O)Nc2cc(C(F)(F)F)ccc2Cl)CC1. The third-order valence-corrected chi connectivity index (χ3v) is 6.62. The van der Waals surface area contributed by atoms with Gasteiger partial charge < -0.3 is 25.7 Å². The van der Waals surface area contributed by atoms with E-state index >= 15 is 0 Å². The van der Waals surface area contributed by atoms with Crippen LogP contribution in [0.2, 0.25) is 5.02 Å². The fourth-order valence-electron chi connectivity index (χ4n) is 3.88. The van der Waals surface area contributed by atoms with E-state index in [4.69, 9.17) is 16.3 Å². The first-order valence-electron chi connectivity index (χ1n) is 11.7. The van der Waals surface area contributed by atoms with Crippen molar-refractivity contribution in [2.45, 2.75) is 57.3 Å². The number of hydrogen-bond acceptors (Lipinski definition) is 5. The first-order valence-corrected chi connectivity index (χ1v) is 12.0. The Bertz CT molecular complexity index is 1140. The smallest absolute Gasteiger partial charge is 0.377 e. The number of anilines is 1. The van der Waals surface area contributed by atoms with Gasteiger partial charge in [-0.2, -0.15) is 13.2 Å². The zero-order chi connectivity index (χ0) is 27.4. The van der Waals surface area contributed by atoms with Gasteiger partial charge in [0.15, 0.2) is 5.69 Å². The van der Waals surface area contributed by atoms with Crippen LogP contribution in [-0.2, 0) is 15.7 Å². The van der Waals surface area contributed by atoms with Crippen molar-refractivity contribution in [3.8, 4) is 0 Å². The molecule has 0 spiro atoms. The number of amides is 3. The number of H-pyrrole nitrogens is 1. The molecule has 1 fully saturated rings. The summed E-state index contributed by atoms with van der Waals surface area (Å²) in [5.74, 6) is -1.91. The van der Waals surface area contributed by atoms with Crippen molar-refractivity contribution >= 4 is 35.0 Å². The van der Waals surface area contributed by atoms with E-state index in [2.05, 4.69) is 25.9 Å². The zero-order valence-electron chi connectivity index (χ0n) is 20.6. The van der Waals surface area contributed by atoms with Crippen molar-refractivity contribution in [2.24, 2.45) is 5.92 Å². The summed E-state index contributed by atoms with van der Waals surface area (Å²) < 4.78 is 44.2. The maximum atomic E-state index is 13.0. The molecule has 1 aromatic carbocycles. The molecule has 0 aliphatic heterocycles. The molecule has 0 radical (unpaired) electrons. The molecule has 13 heteroatoms. The molecule has 202 valence electrons. The van der Waals surface area contributed by atoms with Gasteiger partial charge in [0.2, 0.25) is 5.91 Å². The number of aromatic amines is 1. The summed E-state index contributed by atoms with van der Waals surface area (Å²) in [4.78, 5) is 44.6. The number of hydrogen-bond donors (Lipinski definition) is 4. The van der Waals surface area contributed by atoms with Crippen LogP contribution in [0.5, 0.6) is 0 Å². The summed E-state index contributed by atoms with van der Waals surface area (Å²) in [6.07, 6.45) is -1.55. The number of carbonyl (C=O) groups excluding carboxylic acids is 3. The maximum Gasteiger partial charge on any atom is 0.416 e. The quantitative estimate of drug-likeness (QED) is 0.398. The van der Waals surface area contributed by atoms with Crippen LogP contribution in [0.1, 0.15) is 66.1 Å². The molecular formula is C24H29ClF3N5O4. The van der Waals surface area contributed by atoms with Gasteiger partial charge in [-0.05, 0) is 57.7 Å². The number of imidazole rings is 1. The molecule has 0 atom stereocenters. The highest BCUT2D eigenvalue weighted by molar-refractivity contribution is 6.33. The van der Waals surface area contributed by atoms with Gasteiger partial charge in [0, 0.05) is 25.6 Å². The monoisotopic (exact) mass is 543 g/mol. The zero-order valence-corrected chi connectivity index (χ0v) is 21.3. The standard InChI is InChI=1S/C24H29ClF3N5O4/c1-23(2,37-3)11-29-21(35)18-19(31-12-30-18)22(36)32-15-7-4-13(5-8-15)20(34)33-17-10-14(24(26,27)28)6-9-16(17)25/h6,9-10,12-13,15H,4-5,7-8,11H2,1-3H3,(H,29,35)(H,30,31)(H,32,36)(H,33,34). The Labute approximate surface area is 216 Å². The Morgan fingerprint density at radius 3 is 2.43 bits per heavy atom. The van der Waals surface area contributed by atoms with E-state index in [9.17, 15) is 27.6 Å². The first-order chi connectivity index (χ1) is 17.3. The van der Waals surface area contributed by atoms with E-state index in [0.29, 0.717) is 25.7 Å². The van der Waals surface area contributed by atoms with E-state index in [0.717, 1.165) is 18.2 Å². The highest BCUT2D eigenvalue weighted by Crippen LogP contribution is 2.34. The minimum Gasteiger partial charge on any atom is -0.377 e. The summed E-state index contributed by atoms with van der Waals surface area (Å²) in [5, 5.41) is 8.03. The van der Waals surface area contributed by atoms with Crippen LogP contribution in [0, 0.1) is 5.92 Å². The maximum absolute atomic E-state index is 13.0. The fraction of sp³-hybridized carbons (Fsp3) is 0.500. The van der Waals surface area contributed by atoms with Crippen LogP contribution in [0.25, 0.3) is 0 Å². The third kappa shape index (κ3) is 7.45. The van der Waals surface area contributed by atoms with Crippen molar-refractivity contribution in [1.29, 1.82) is 0 Å². The lowest BCUT2D eigenvalue weighted by molar-refractivity contribution is -0.137. The molecule has 0 saturated heterocycles. The Morgan fingerprint density at radius 1 is 1.14 bits per heavy atom. The summed E-state index contributed by atoms with van der Waals surface area (Å²) in [6.45, 7) is 3.83. The summed E-state index contributed by atoms with van der Waals surface area (Å²) in [5.41, 5.74) is -1.63. The topological polar surface area (TPSA) is 125 Å². The number of benzene rings is 1. The predicted molar refractivity (Wildman–Crippen MR) is 130 cm³/mol. The largest absolute Gasteiger partial charge is 0.416 e. The van der Waals surface area contributed by atoms with Crippen LogP contribution < -0.4 is 16.0 Å². The van der Waals surface area contributed by atoms with Crippen molar-refractivity contribution in [3.05, 3.63) is 46.5 Å². The van der Waals surface area contributed by atoms with Gasteiger partial charge in [-0.25, -0.2) is 4.98 Å². The van der Waals surface area contributed by atoms with Crippen LogP contribution in [-0.4, -0.2) is 53.0 Å². The van der Waals surface area contributed by atoms with Gasteiger partial charge in [0.25, 0.3) is 11.8 Å². The number of rotatable bonds is 8. The van der Waals surface area contributed by atoms with E-state index in [1.807, 2.05) is 0 Å². The van der Waals surface area contributed by atoms with Gasteiger partial charge in [-0.1, -0.05) is 11.6 Å². The number of halogens is 4. The van der Waals surface area contributed by atoms with E-state index in [1.165, 1.54) is 13.4 Å². The Morgan fingerprint density at radius 2 is 1.81 bits per heavy atom. The molecule has 37 heavy (non-hydrogen) atoms. The number of nitrogens with one attached hydrogen (secondary N) is 4. The molecule has 9 nitrogen and oxygen atoms in total. The fourth-order valence-corrected chi connectivity index (χ4v) is 4.04. The third-order valence-electron chi connectivity index (χ3n) is 6.29. The molecule has 0 bridgehead atoms. The van der Waals surface area contributed by atoms with Gasteiger partial charge in [0.1, 0.15) is 5.69 Å². The van der Waals surface area contributed by atoms with Gasteiger partial charge in [-0.15, -0.1) is 0 Å². The summed E-state index contributed by atoms with van der Waals surface area (Å²) in [7, 11) is 1.53. The second kappa shape index (κ2) is 11.5. The minimum absolute atomic E-state index is 0.00641. The van der Waals surface area contributed by atoms with Crippen LogP contribution in [0.3, 0.4) is 0 Å².